The number of nitrogens with one attached hydrogen (secondary N) is 2. The molecule has 0 spiro atoms. The van der Waals surface area contributed by atoms with E-state index < -0.39 is 0 Å². The number of ether oxygens (including phenoxy) is 1. The van der Waals surface area contributed by atoms with Gasteiger partial charge < -0.3 is 20.3 Å². The quantitative estimate of drug-likeness (QED) is 0.684. The summed E-state index contributed by atoms with van der Waals surface area (Å²) in [6.45, 7) is 6.31. The van der Waals surface area contributed by atoms with Crippen LogP contribution < -0.4 is 15.5 Å². The van der Waals surface area contributed by atoms with E-state index in [1.807, 2.05) is 13.0 Å². The first-order valence-corrected chi connectivity index (χ1v) is 8.37. The molecule has 0 bridgehead atoms. The van der Waals surface area contributed by atoms with Gasteiger partial charge >= 0.3 is 0 Å². The Hall–Kier alpha value is -2.68. The zero-order chi connectivity index (χ0) is 17.5. The lowest BCUT2D eigenvalue weighted by Crippen LogP contribution is -2.37. The van der Waals surface area contributed by atoms with Gasteiger partial charge in [0.05, 0.1) is 13.2 Å². The Morgan fingerprint density at radius 3 is 2.88 bits per heavy atom. The van der Waals surface area contributed by atoms with Crippen LogP contribution >= 0.6 is 0 Å². The summed E-state index contributed by atoms with van der Waals surface area (Å²) in [4.78, 5) is 22.9. The second-order valence-corrected chi connectivity index (χ2v) is 5.77. The Balaban J connectivity index is 1.46. The number of carbonyl (C=O) groups is 1. The highest BCUT2D eigenvalue weighted by Crippen LogP contribution is 2.15. The van der Waals surface area contributed by atoms with E-state index in [0.717, 1.165) is 24.6 Å². The number of anilines is 2. The first-order valence-electron chi connectivity index (χ1n) is 8.37. The molecule has 0 unspecified atom stereocenters. The van der Waals surface area contributed by atoms with Gasteiger partial charge in [-0.2, -0.15) is 10.1 Å². The second kappa shape index (κ2) is 8.43. The van der Waals surface area contributed by atoms with E-state index in [1.165, 1.54) is 0 Å². The fourth-order valence-corrected chi connectivity index (χ4v) is 2.56. The first kappa shape index (κ1) is 17.2. The minimum absolute atomic E-state index is 0.0790. The number of rotatable bonds is 7. The molecule has 3 heterocycles. The fraction of sp³-hybridized carbons (Fsp3) is 0.500. The van der Waals surface area contributed by atoms with Crippen LogP contribution in [0.2, 0.25) is 0 Å². The lowest BCUT2D eigenvalue weighted by atomic mass is 10.3. The maximum atomic E-state index is 11.8. The molecule has 1 aliphatic heterocycles. The van der Waals surface area contributed by atoms with Crippen LogP contribution in [0, 0.1) is 6.92 Å². The number of hydrogen-bond donors (Lipinski definition) is 2. The van der Waals surface area contributed by atoms with Crippen LogP contribution in [0.4, 0.5) is 11.8 Å². The van der Waals surface area contributed by atoms with Crippen LogP contribution in [-0.4, -0.2) is 65.0 Å². The molecule has 0 saturated carbocycles. The van der Waals surface area contributed by atoms with Gasteiger partial charge in [0.15, 0.2) is 0 Å². The van der Waals surface area contributed by atoms with Gasteiger partial charge in [0.1, 0.15) is 12.4 Å². The smallest absolute Gasteiger partial charge is 0.241 e. The zero-order valence-corrected chi connectivity index (χ0v) is 14.3. The van der Waals surface area contributed by atoms with E-state index in [-0.39, 0.29) is 12.5 Å². The summed E-state index contributed by atoms with van der Waals surface area (Å²) in [7, 11) is 0. The highest BCUT2D eigenvalue weighted by atomic mass is 16.5. The highest BCUT2D eigenvalue weighted by Gasteiger charge is 2.14. The molecule has 0 aliphatic carbocycles. The standard InChI is InChI=1S/C16H23N7O2/c1-13-11-14(22-7-9-25-10-8-22)21-16(20-13)18-5-4-17-15(24)12-23-6-2-3-19-23/h2-3,6,11H,4-5,7-10,12H2,1H3,(H,17,24)(H,18,20,21). The number of carbonyl (C=O) groups excluding carboxylic acids is 1. The molecule has 25 heavy (non-hydrogen) atoms. The summed E-state index contributed by atoms with van der Waals surface area (Å²) in [5.41, 5.74) is 0.904. The fourth-order valence-electron chi connectivity index (χ4n) is 2.56. The minimum Gasteiger partial charge on any atom is -0.378 e. The molecule has 2 aromatic rings. The molecule has 9 nitrogen and oxygen atoms in total. The molecule has 134 valence electrons. The number of aryl methyl sites for hydroxylation is 1. The van der Waals surface area contributed by atoms with Crippen molar-refractivity contribution in [2.75, 3.05) is 49.6 Å². The molecular formula is C16H23N7O2. The molecule has 1 saturated heterocycles. The first-order chi connectivity index (χ1) is 12.2. The molecule has 1 amide bonds. The summed E-state index contributed by atoms with van der Waals surface area (Å²) in [6, 6.07) is 3.76. The number of hydrogen-bond acceptors (Lipinski definition) is 7. The summed E-state index contributed by atoms with van der Waals surface area (Å²) in [5.74, 6) is 1.40. The van der Waals surface area contributed by atoms with Crippen LogP contribution in [0.25, 0.3) is 0 Å². The molecule has 1 fully saturated rings. The van der Waals surface area contributed by atoms with Crippen LogP contribution in [0.3, 0.4) is 0 Å². The Morgan fingerprint density at radius 1 is 1.28 bits per heavy atom. The van der Waals surface area contributed by atoms with Crippen molar-refractivity contribution >= 4 is 17.7 Å². The lowest BCUT2D eigenvalue weighted by molar-refractivity contribution is -0.121. The van der Waals surface area contributed by atoms with Gasteiger partial charge in [0.2, 0.25) is 11.9 Å². The number of amides is 1. The second-order valence-electron chi connectivity index (χ2n) is 5.77. The van der Waals surface area contributed by atoms with Gasteiger partial charge in [-0.1, -0.05) is 0 Å². The predicted molar refractivity (Wildman–Crippen MR) is 93.5 cm³/mol. The van der Waals surface area contributed by atoms with E-state index >= 15 is 0 Å². The summed E-state index contributed by atoms with van der Waals surface area (Å²) >= 11 is 0. The molecular weight excluding hydrogens is 322 g/mol. The Morgan fingerprint density at radius 2 is 2.12 bits per heavy atom. The van der Waals surface area contributed by atoms with Gasteiger partial charge in [0, 0.05) is 50.3 Å². The molecule has 9 heteroatoms. The maximum absolute atomic E-state index is 11.8. The van der Waals surface area contributed by atoms with Gasteiger partial charge in [-0.25, -0.2) is 4.98 Å². The van der Waals surface area contributed by atoms with Crippen LogP contribution in [-0.2, 0) is 16.1 Å². The number of morpholine rings is 1. The van der Waals surface area contributed by atoms with Crippen molar-refractivity contribution in [3.63, 3.8) is 0 Å². The van der Waals surface area contributed by atoms with E-state index in [9.17, 15) is 4.79 Å². The van der Waals surface area contributed by atoms with Crippen molar-refractivity contribution in [1.82, 2.24) is 25.1 Å². The Kier molecular flexibility index (Phi) is 5.78. The Bertz CT molecular complexity index is 684. The van der Waals surface area contributed by atoms with Gasteiger partial charge in [-0.05, 0) is 13.0 Å². The molecule has 0 atom stereocenters. The van der Waals surface area contributed by atoms with Crippen molar-refractivity contribution in [2.24, 2.45) is 0 Å². The number of nitrogens with zero attached hydrogens (tertiary/aromatic N) is 5. The third-order valence-corrected chi connectivity index (χ3v) is 3.77. The van der Waals surface area contributed by atoms with Crippen LogP contribution in [0.1, 0.15) is 5.69 Å². The largest absolute Gasteiger partial charge is 0.378 e. The molecule has 1 aliphatic rings. The van der Waals surface area contributed by atoms with Crippen LogP contribution in [0.5, 0.6) is 0 Å². The van der Waals surface area contributed by atoms with E-state index in [0.29, 0.717) is 32.3 Å². The van der Waals surface area contributed by atoms with Crippen molar-refractivity contribution < 1.29 is 9.53 Å². The summed E-state index contributed by atoms with van der Waals surface area (Å²) < 4.78 is 6.96. The average Bonchev–Trinajstić information content (AvgIpc) is 3.12. The van der Waals surface area contributed by atoms with Crippen molar-refractivity contribution in [3.8, 4) is 0 Å². The van der Waals surface area contributed by atoms with Crippen molar-refractivity contribution in [3.05, 3.63) is 30.2 Å². The van der Waals surface area contributed by atoms with Crippen molar-refractivity contribution in [2.45, 2.75) is 13.5 Å². The molecule has 0 aromatic carbocycles. The third-order valence-electron chi connectivity index (χ3n) is 3.77. The summed E-state index contributed by atoms with van der Waals surface area (Å²) in [5, 5.41) is 10.0. The average molecular weight is 345 g/mol. The normalized spacial score (nSPS) is 14.4. The van der Waals surface area contributed by atoms with E-state index in [2.05, 4.69) is 30.6 Å². The monoisotopic (exact) mass is 345 g/mol. The number of aromatic nitrogens is 4. The van der Waals surface area contributed by atoms with Crippen LogP contribution in [0.15, 0.2) is 24.5 Å². The van der Waals surface area contributed by atoms with Crippen molar-refractivity contribution in [1.29, 1.82) is 0 Å². The predicted octanol–water partition coefficient (Wildman–Crippen LogP) is 0.0464. The molecule has 2 aromatic heterocycles. The molecule has 0 radical (unpaired) electrons. The van der Waals surface area contributed by atoms with Gasteiger partial charge in [-0.15, -0.1) is 0 Å². The Labute approximate surface area is 146 Å². The van der Waals surface area contributed by atoms with E-state index in [1.54, 1.807) is 23.1 Å². The SMILES string of the molecule is Cc1cc(N2CCOCC2)nc(NCCNC(=O)Cn2cccn2)n1. The third kappa shape index (κ3) is 5.15. The zero-order valence-electron chi connectivity index (χ0n) is 14.3. The van der Waals surface area contributed by atoms with Gasteiger partial charge in [0.25, 0.3) is 0 Å². The topological polar surface area (TPSA) is 97.2 Å². The highest BCUT2D eigenvalue weighted by molar-refractivity contribution is 5.75. The lowest BCUT2D eigenvalue weighted by Gasteiger charge is -2.28. The minimum atomic E-state index is -0.0790. The molecule has 3 rings (SSSR count). The maximum Gasteiger partial charge on any atom is 0.241 e. The summed E-state index contributed by atoms with van der Waals surface area (Å²) in [6.07, 6.45) is 3.40. The van der Waals surface area contributed by atoms with Gasteiger partial charge in [-0.3, -0.25) is 9.48 Å². The van der Waals surface area contributed by atoms with E-state index in [4.69, 9.17) is 4.74 Å². The molecule has 2 N–H and O–H groups in total.